The molecule has 0 saturated heterocycles. The van der Waals surface area contributed by atoms with Crippen LogP contribution in [-0.4, -0.2) is 38.8 Å². The van der Waals surface area contributed by atoms with Crippen molar-refractivity contribution in [3.63, 3.8) is 0 Å². The highest BCUT2D eigenvalue weighted by atomic mass is 16.5. The second kappa shape index (κ2) is 8.89. The van der Waals surface area contributed by atoms with Crippen molar-refractivity contribution >= 4 is 11.9 Å². The van der Waals surface area contributed by atoms with Crippen LogP contribution in [0.15, 0.2) is 24.3 Å². The summed E-state index contributed by atoms with van der Waals surface area (Å²) in [6.45, 7) is 0.857. The first kappa shape index (κ1) is 15.9. The van der Waals surface area contributed by atoms with Crippen molar-refractivity contribution in [2.45, 2.75) is 6.54 Å². The van der Waals surface area contributed by atoms with Gasteiger partial charge in [-0.1, -0.05) is 12.1 Å². The maximum Gasteiger partial charge on any atom is 0.321 e. The average Bonchev–Trinajstić information content (AvgIpc) is 2.45. The normalized spacial score (nSPS) is 9.90. The van der Waals surface area contributed by atoms with Gasteiger partial charge in [0.25, 0.3) is 5.91 Å². The summed E-state index contributed by atoms with van der Waals surface area (Å²) in [5, 5.41) is 4.61. The van der Waals surface area contributed by atoms with Crippen molar-refractivity contribution in [1.29, 1.82) is 0 Å². The van der Waals surface area contributed by atoms with Gasteiger partial charge in [0.15, 0.2) is 6.61 Å². The Labute approximate surface area is 117 Å². The van der Waals surface area contributed by atoms with Crippen molar-refractivity contribution in [2.75, 3.05) is 26.9 Å². The number of hydrogen-bond donors (Lipinski definition) is 3. The molecule has 0 atom stereocenters. The zero-order chi connectivity index (χ0) is 14.8. The van der Waals surface area contributed by atoms with Crippen molar-refractivity contribution in [3.8, 4) is 5.75 Å². The molecule has 110 valence electrons. The van der Waals surface area contributed by atoms with Gasteiger partial charge in [0.05, 0.1) is 6.61 Å². The molecule has 7 heteroatoms. The lowest BCUT2D eigenvalue weighted by atomic mass is 10.2. The van der Waals surface area contributed by atoms with Gasteiger partial charge in [-0.15, -0.1) is 0 Å². The molecule has 0 radical (unpaired) electrons. The smallest absolute Gasteiger partial charge is 0.321 e. The minimum Gasteiger partial charge on any atom is -0.484 e. The van der Waals surface area contributed by atoms with Crippen LogP contribution in [0.2, 0.25) is 0 Å². The molecular weight excluding hydrogens is 262 g/mol. The van der Waals surface area contributed by atoms with E-state index in [-0.39, 0.29) is 6.61 Å². The SMILES string of the molecule is COCCNC(=O)NC(=O)COc1cccc(CN)c1. The molecule has 7 nitrogen and oxygen atoms in total. The second-order valence-electron chi connectivity index (χ2n) is 3.94. The van der Waals surface area contributed by atoms with Gasteiger partial charge in [-0.2, -0.15) is 0 Å². The lowest BCUT2D eigenvalue weighted by Crippen LogP contribution is -2.42. The van der Waals surface area contributed by atoms with Gasteiger partial charge >= 0.3 is 6.03 Å². The largest absolute Gasteiger partial charge is 0.484 e. The number of methoxy groups -OCH3 is 1. The van der Waals surface area contributed by atoms with E-state index >= 15 is 0 Å². The molecule has 4 N–H and O–H groups in total. The zero-order valence-electron chi connectivity index (χ0n) is 11.3. The Kier molecular flexibility index (Phi) is 7.08. The molecule has 1 aromatic rings. The first-order valence-corrected chi connectivity index (χ1v) is 6.14. The summed E-state index contributed by atoms with van der Waals surface area (Å²) in [5.41, 5.74) is 6.40. The van der Waals surface area contributed by atoms with E-state index in [0.29, 0.717) is 25.4 Å². The highest BCUT2D eigenvalue weighted by Crippen LogP contribution is 2.12. The van der Waals surface area contributed by atoms with Crippen molar-refractivity contribution in [1.82, 2.24) is 10.6 Å². The molecule has 20 heavy (non-hydrogen) atoms. The minimum absolute atomic E-state index is 0.244. The fourth-order valence-corrected chi connectivity index (χ4v) is 1.38. The summed E-state index contributed by atoms with van der Waals surface area (Å²) >= 11 is 0. The number of ether oxygens (including phenoxy) is 2. The summed E-state index contributed by atoms with van der Waals surface area (Å²) in [6, 6.07) is 6.52. The van der Waals surface area contributed by atoms with Gasteiger partial charge in [-0.05, 0) is 17.7 Å². The molecule has 0 unspecified atom stereocenters. The Bertz CT molecular complexity index is 451. The maximum atomic E-state index is 11.5. The predicted molar refractivity (Wildman–Crippen MR) is 73.2 cm³/mol. The van der Waals surface area contributed by atoms with Gasteiger partial charge < -0.3 is 20.5 Å². The van der Waals surface area contributed by atoms with Gasteiger partial charge in [-0.3, -0.25) is 10.1 Å². The van der Waals surface area contributed by atoms with E-state index in [1.165, 1.54) is 7.11 Å². The molecule has 0 aliphatic rings. The molecule has 1 rings (SSSR count). The topological polar surface area (TPSA) is 103 Å². The number of carbonyl (C=O) groups excluding carboxylic acids is 2. The van der Waals surface area contributed by atoms with E-state index in [2.05, 4.69) is 10.6 Å². The summed E-state index contributed by atoms with van der Waals surface area (Å²) < 4.78 is 10.0. The molecule has 0 bridgehead atoms. The average molecular weight is 281 g/mol. The first-order chi connectivity index (χ1) is 9.65. The third kappa shape index (κ3) is 6.17. The van der Waals surface area contributed by atoms with E-state index in [0.717, 1.165) is 5.56 Å². The number of rotatable bonds is 7. The number of nitrogens with two attached hydrogens (primary N) is 1. The van der Waals surface area contributed by atoms with Crippen molar-refractivity contribution < 1.29 is 19.1 Å². The molecule has 0 aromatic heterocycles. The van der Waals surface area contributed by atoms with E-state index in [9.17, 15) is 9.59 Å². The molecular formula is C13H19N3O4. The van der Waals surface area contributed by atoms with E-state index < -0.39 is 11.9 Å². The van der Waals surface area contributed by atoms with E-state index in [4.69, 9.17) is 15.2 Å². The Morgan fingerprint density at radius 1 is 1.35 bits per heavy atom. The standard InChI is InChI=1S/C13H19N3O4/c1-19-6-5-15-13(18)16-12(17)9-20-11-4-2-3-10(7-11)8-14/h2-4,7H,5-6,8-9,14H2,1H3,(H2,15,16,17,18). The predicted octanol–water partition coefficient (Wildman–Crippen LogP) is -0.00370. The zero-order valence-corrected chi connectivity index (χ0v) is 11.3. The number of urea groups is 1. The summed E-state index contributed by atoms with van der Waals surface area (Å²) in [7, 11) is 1.52. The monoisotopic (exact) mass is 281 g/mol. The Balaban J connectivity index is 2.30. The number of nitrogens with one attached hydrogen (secondary N) is 2. The van der Waals surface area contributed by atoms with E-state index in [1.807, 2.05) is 6.07 Å². The Hall–Kier alpha value is -2.12. The van der Waals surface area contributed by atoms with Gasteiger partial charge in [0.1, 0.15) is 5.75 Å². The molecule has 0 saturated carbocycles. The molecule has 3 amide bonds. The van der Waals surface area contributed by atoms with Crippen molar-refractivity contribution in [3.05, 3.63) is 29.8 Å². The summed E-state index contributed by atoms with van der Waals surface area (Å²) in [4.78, 5) is 22.7. The third-order valence-electron chi connectivity index (χ3n) is 2.35. The van der Waals surface area contributed by atoms with Crippen LogP contribution in [0.1, 0.15) is 5.56 Å². The Morgan fingerprint density at radius 3 is 2.85 bits per heavy atom. The number of imide groups is 1. The van der Waals surface area contributed by atoms with Crippen LogP contribution < -0.4 is 21.1 Å². The van der Waals surface area contributed by atoms with Crippen LogP contribution in [0.5, 0.6) is 5.75 Å². The van der Waals surface area contributed by atoms with Crippen LogP contribution in [0, 0.1) is 0 Å². The van der Waals surface area contributed by atoms with Crippen LogP contribution in [0.4, 0.5) is 4.79 Å². The van der Waals surface area contributed by atoms with Crippen LogP contribution in [0.3, 0.4) is 0 Å². The molecule has 0 spiro atoms. The number of carbonyl (C=O) groups is 2. The molecule has 0 heterocycles. The van der Waals surface area contributed by atoms with Gasteiger partial charge in [0.2, 0.25) is 0 Å². The van der Waals surface area contributed by atoms with Crippen LogP contribution >= 0.6 is 0 Å². The number of amides is 3. The highest BCUT2D eigenvalue weighted by molar-refractivity contribution is 5.94. The van der Waals surface area contributed by atoms with E-state index in [1.54, 1.807) is 18.2 Å². The Morgan fingerprint density at radius 2 is 2.15 bits per heavy atom. The lowest BCUT2D eigenvalue weighted by molar-refractivity contribution is -0.122. The van der Waals surface area contributed by atoms with Crippen molar-refractivity contribution in [2.24, 2.45) is 5.73 Å². The quantitative estimate of drug-likeness (QED) is 0.610. The van der Waals surface area contributed by atoms with Crippen LogP contribution in [0.25, 0.3) is 0 Å². The fourth-order valence-electron chi connectivity index (χ4n) is 1.38. The molecule has 0 aliphatic heterocycles. The number of hydrogen-bond acceptors (Lipinski definition) is 5. The minimum atomic E-state index is -0.577. The fraction of sp³-hybridized carbons (Fsp3) is 0.385. The third-order valence-corrected chi connectivity index (χ3v) is 2.35. The molecule has 0 fully saturated rings. The number of benzene rings is 1. The van der Waals surface area contributed by atoms with Gasteiger partial charge in [0, 0.05) is 20.2 Å². The lowest BCUT2D eigenvalue weighted by Gasteiger charge is -2.08. The summed E-state index contributed by atoms with van der Waals surface area (Å²) in [5.74, 6) is 0.000888. The maximum absolute atomic E-state index is 11.5. The highest BCUT2D eigenvalue weighted by Gasteiger charge is 2.07. The first-order valence-electron chi connectivity index (χ1n) is 6.14. The molecule has 1 aromatic carbocycles. The summed E-state index contributed by atoms with van der Waals surface area (Å²) in [6.07, 6.45) is 0. The van der Waals surface area contributed by atoms with Gasteiger partial charge in [-0.25, -0.2) is 4.79 Å². The van der Waals surface area contributed by atoms with Crippen LogP contribution in [-0.2, 0) is 16.1 Å². The second-order valence-corrected chi connectivity index (χ2v) is 3.94. The molecule has 0 aliphatic carbocycles.